The number of likely N-dealkylation sites (N-methyl/N-ethyl adjacent to an activating group) is 1. The van der Waals surface area contributed by atoms with E-state index in [2.05, 4.69) is 10.6 Å². The van der Waals surface area contributed by atoms with Gasteiger partial charge in [-0.15, -0.1) is 0 Å². The van der Waals surface area contributed by atoms with Crippen molar-refractivity contribution < 1.29 is 9.59 Å². The van der Waals surface area contributed by atoms with Gasteiger partial charge in [-0.05, 0) is 37.7 Å². The van der Waals surface area contributed by atoms with E-state index in [1.54, 1.807) is 53.8 Å². The summed E-state index contributed by atoms with van der Waals surface area (Å²) < 4.78 is 3.26. The first kappa shape index (κ1) is 22.9. The first-order valence-corrected chi connectivity index (χ1v) is 11.0. The highest BCUT2D eigenvalue weighted by Gasteiger charge is 2.18. The van der Waals surface area contributed by atoms with Gasteiger partial charge in [-0.25, -0.2) is 4.68 Å². The lowest BCUT2D eigenvalue weighted by molar-refractivity contribution is -0.117. The van der Waals surface area contributed by atoms with Crippen molar-refractivity contribution in [2.45, 2.75) is 19.5 Å². The van der Waals surface area contributed by atoms with Crippen LogP contribution in [0, 0.1) is 0 Å². The number of aromatic nitrogens is 2. The molecule has 1 atom stereocenters. The molecular weight excluding hydrogens is 428 g/mol. The molecule has 2 N–H and O–H groups in total. The molecule has 0 aliphatic heterocycles. The maximum absolute atomic E-state index is 13.3. The molecule has 0 aliphatic carbocycles. The molecule has 1 amide bonds. The summed E-state index contributed by atoms with van der Waals surface area (Å²) in [7, 11) is 1.68. The van der Waals surface area contributed by atoms with Crippen LogP contribution in [-0.2, 0) is 11.3 Å². The third-order valence-electron chi connectivity index (χ3n) is 5.64. The van der Waals surface area contributed by atoms with Gasteiger partial charge in [0.1, 0.15) is 5.69 Å². The molecule has 0 unspecified atom stereocenters. The summed E-state index contributed by atoms with van der Waals surface area (Å²) in [6.45, 7) is 1.94. The van der Waals surface area contributed by atoms with Gasteiger partial charge in [-0.2, -0.15) is 0 Å². The van der Waals surface area contributed by atoms with E-state index >= 15 is 0 Å². The van der Waals surface area contributed by atoms with E-state index in [9.17, 15) is 14.4 Å². The largest absolute Gasteiger partial charge is 0.319 e. The van der Waals surface area contributed by atoms with E-state index in [1.807, 2.05) is 60.7 Å². The Morgan fingerprint density at radius 3 is 2.21 bits per heavy atom. The predicted octanol–water partition coefficient (Wildman–Crippen LogP) is 3.46. The molecule has 4 rings (SSSR count). The lowest BCUT2D eigenvalue weighted by Crippen LogP contribution is -2.36. The number of benzene rings is 3. The number of anilines is 1. The summed E-state index contributed by atoms with van der Waals surface area (Å²) >= 11 is 0. The molecule has 7 heteroatoms. The van der Waals surface area contributed by atoms with E-state index in [0.717, 1.165) is 11.3 Å². The summed E-state index contributed by atoms with van der Waals surface area (Å²) in [5, 5.41) is 5.59. The minimum Gasteiger partial charge on any atom is -0.319 e. The van der Waals surface area contributed by atoms with Crippen molar-refractivity contribution in [1.82, 2.24) is 14.7 Å². The quantitative estimate of drug-likeness (QED) is 0.399. The fraction of sp³-hybridized carbons (Fsp3) is 0.148. The lowest BCUT2D eigenvalue weighted by atomic mass is 10.0. The van der Waals surface area contributed by atoms with Crippen molar-refractivity contribution in [3.63, 3.8) is 0 Å². The van der Waals surface area contributed by atoms with Gasteiger partial charge in [0, 0.05) is 11.1 Å². The van der Waals surface area contributed by atoms with Crippen LogP contribution in [0.25, 0.3) is 5.69 Å². The Labute approximate surface area is 197 Å². The van der Waals surface area contributed by atoms with Gasteiger partial charge >= 0.3 is 0 Å². The smallest absolute Gasteiger partial charge is 0.291 e. The second-order valence-electron chi connectivity index (χ2n) is 7.98. The summed E-state index contributed by atoms with van der Waals surface area (Å²) in [5.74, 6) is -0.380. The predicted molar refractivity (Wildman–Crippen MR) is 133 cm³/mol. The second-order valence-corrected chi connectivity index (χ2v) is 7.98. The van der Waals surface area contributed by atoms with Gasteiger partial charge in [0.2, 0.25) is 5.91 Å². The van der Waals surface area contributed by atoms with Gasteiger partial charge in [-0.3, -0.25) is 19.1 Å². The number of para-hydroxylation sites is 1. The number of hydrogen-bond acceptors (Lipinski definition) is 4. The van der Waals surface area contributed by atoms with E-state index in [4.69, 9.17) is 0 Å². The highest BCUT2D eigenvalue weighted by Crippen LogP contribution is 2.16. The van der Waals surface area contributed by atoms with Crippen LogP contribution >= 0.6 is 0 Å². The molecule has 0 fully saturated rings. The van der Waals surface area contributed by atoms with Crippen molar-refractivity contribution >= 4 is 17.4 Å². The van der Waals surface area contributed by atoms with Crippen LogP contribution in [0.4, 0.5) is 5.69 Å². The second kappa shape index (κ2) is 10.1. The van der Waals surface area contributed by atoms with Crippen LogP contribution in [-0.4, -0.2) is 34.1 Å². The van der Waals surface area contributed by atoms with Crippen LogP contribution in [0.5, 0.6) is 0 Å². The average molecular weight is 455 g/mol. The first-order chi connectivity index (χ1) is 16.5. The Balaban J connectivity index is 1.71. The molecule has 1 heterocycles. The molecule has 7 nitrogen and oxygen atoms in total. The van der Waals surface area contributed by atoms with Crippen LogP contribution in [0.1, 0.15) is 28.4 Å². The van der Waals surface area contributed by atoms with Gasteiger partial charge < -0.3 is 10.6 Å². The Hall–Kier alpha value is -4.23. The number of carbonyl (C=O) groups excluding carboxylic acids is 2. The molecule has 34 heavy (non-hydrogen) atoms. The van der Waals surface area contributed by atoms with E-state index in [0.29, 0.717) is 11.1 Å². The average Bonchev–Trinajstić information content (AvgIpc) is 3.18. The zero-order valence-electron chi connectivity index (χ0n) is 19.1. The summed E-state index contributed by atoms with van der Waals surface area (Å²) in [6.07, 6.45) is 1.62. The highest BCUT2D eigenvalue weighted by molar-refractivity contribution is 6.09. The first-order valence-electron chi connectivity index (χ1n) is 11.0. The Kier molecular flexibility index (Phi) is 6.85. The highest BCUT2D eigenvalue weighted by atomic mass is 16.2. The minimum atomic E-state index is -0.450. The van der Waals surface area contributed by atoms with Crippen LogP contribution in [0.3, 0.4) is 0 Å². The molecule has 0 bridgehead atoms. The van der Waals surface area contributed by atoms with Crippen molar-refractivity contribution in [1.29, 1.82) is 0 Å². The van der Waals surface area contributed by atoms with Crippen LogP contribution in [0.15, 0.2) is 95.9 Å². The maximum Gasteiger partial charge on any atom is 0.291 e. The van der Waals surface area contributed by atoms with Crippen LogP contribution in [0.2, 0.25) is 0 Å². The van der Waals surface area contributed by atoms with E-state index in [-0.39, 0.29) is 29.5 Å². The number of amides is 1. The molecular formula is C27H26N4O3. The van der Waals surface area contributed by atoms with E-state index in [1.165, 1.54) is 0 Å². The summed E-state index contributed by atoms with van der Waals surface area (Å²) in [6, 6.07) is 25.3. The molecule has 0 aliphatic rings. The van der Waals surface area contributed by atoms with Gasteiger partial charge in [0.25, 0.3) is 5.56 Å². The number of rotatable bonds is 8. The number of ketones is 1. The molecule has 0 spiro atoms. The Morgan fingerprint density at radius 1 is 0.882 bits per heavy atom. The zero-order valence-corrected chi connectivity index (χ0v) is 19.1. The zero-order chi connectivity index (χ0) is 24.1. The maximum atomic E-state index is 13.3. The third-order valence-corrected chi connectivity index (χ3v) is 5.64. The molecule has 3 aromatic carbocycles. The number of hydrogen-bond donors (Lipinski definition) is 2. The number of carbonyl (C=O) groups is 2. The van der Waals surface area contributed by atoms with Crippen molar-refractivity contribution in [2.75, 3.05) is 12.4 Å². The summed E-state index contributed by atoms with van der Waals surface area (Å²) in [5.41, 5.74) is 2.57. The van der Waals surface area contributed by atoms with Crippen molar-refractivity contribution in [3.8, 4) is 5.69 Å². The Morgan fingerprint density at radius 2 is 1.53 bits per heavy atom. The molecule has 1 aromatic heterocycles. The van der Waals surface area contributed by atoms with Crippen LogP contribution < -0.4 is 16.2 Å². The molecule has 172 valence electrons. The van der Waals surface area contributed by atoms with Gasteiger partial charge in [0.15, 0.2) is 5.78 Å². The van der Waals surface area contributed by atoms with Gasteiger partial charge in [0.05, 0.1) is 24.5 Å². The van der Waals surface area contributed by atoms with Crippen molar-refractivity contribution in [3.05, 3.63) is 118 Å². The van der Waals surface area contributed by atoms with Gasteiger partial charge in [-0.1, -0.05) is 66.7 Å². The number of nitrogens with one attached hydrogen (secondary N) is 2. The SMILES string of the molecule is CN[C@@H](C)C(=O)Nc1cn(-c2ccccc2)n(Cc2cccc(C(=O)c3ccccc3)c2)c1=O. The van der Waals surface area contributed by atoms with E-state index < -0.39 is 6.04 Å². The molecule has 0 saturated carbocycles. The standard InChI is InChI=1S/C27H26N4O3/c1-19(28-2)26(33)29-24-18-30(23-14-7-4-8-15-23)31(27(24)34)17-20-10-9-13-22(16-20)25(32)21-11-5-3-6-12-21/h3-16,18-19,28H,17H2,1-2H3,(H,29,33)/t19-/m0/s1. The lowest BCUT2D eigenvalue weighted by Gasteiger charge is -2.12. The topological polar surface area (TPSA) is 85.1 Å². The fourth-order valence-electron chi connectivity index (χ4n) is 3.62. The molecule has 4 aromatic rings. The summed E-state index contributed by atoms with van der Waals surface area (Å²) in [4.78, 5) is 38.6. The minimum absolute atomic E-state index is 0.0813. The molecule has 0 saturated heterocycles. The Bertz CT molecular complexity index is 1360. The molecule has 0 radical (unpaired) electrons. The normalized spacial score (nSPS) is 11.7. The van der Waals surface area contributed by atoms with Crippen molar-refractivity contribution in [2.24, 2.45) is 0 Å². The third kappa shape index (κ3) is 4.89. The fourth-order valence-corrected chi connectivity index (χ4v) is 3.62. The monoisotopic (exact) mass is 454 g/mol. The number of nitrogens with zero attached hydrogens (tertiary/aromatic N) is 2.